The second-order valence-corrected chi connectivity index (χ2v) is 6.52. The van der Waals surface area contributed by atoms with Gasteiger partial charge in [0.05, 0.1) is 5.69 Å². The molecular formula is C13H22N2S. The minimum atomic E-state index is 0.717. The van der Waals surface area contributed by atoms with Gasteiger partial charge >= 0.3 is 0 Å². The Bertz CT molecular complexity index is 344. The van der Waals surface area contributed by atoms with Crippen LogP contribution in [-0.4, -0.2) is 11.5 Å². The Morgan fingerprint density at radius 3 is 3.06 bits per heavy atom. The summed E-state index contributed by atoms with van der Waals surface area (Å²) >= 11 is 1.92. The van der Waals surface area contributed by atoms with E-state index in [2.05, 4.69) is 26.1 Å². The standard InChI is InChI=1S/C13H22N2S/c1-9(2)7-14-8-13-15-11-5-4-10(3)6-12(11)16-13/h9-10,14H,4-8H2,1-3H3. The van der Waals surface area contributed by atoms with Crippen molar-refractivity contribution in [3.05, 3.63) is 15.6 Å². The van der Waals surface area contributed by atoms with Crippen molar-refractivity contribution in [3.8, 4) is 0 Å². The van der Waals surface area contributed by atoms with E-state index in [4.69, 9.17) is 4.98 Å². The quantitative estimate of drug-likeness (QED) is 0.872. The molecule has 0 saturated carbocycles. The van der Waals surface area contributed by atoms with Crippen molar-refractivity contribution in [1.29, 1.82) is 0 Å². The molecule has 1 aromatic heterocycles. The Balaban J connectivity index is 1.91. The molecule has 1 heterocycles. The summed E-state index contributed by atoms with van der Waals surface area (Å²) in [6.07, 6.45) is 3.75. The molecule has 0 fully saturated rings. The Hall–Kier alpha value is -0.410. The molecular weight excluding hydrogens is 216 g/mol. The molecule has 1 aromatic rings. The van der Waals surface area contributed by atoms with Gasteiger partial charge in [-0.15, -0.1) is 11.3 Å². The second kappa shape index (κ2) is 5.28. The lowest BCUT2D eigenvalue weighted by Gasteiger charge is -2.15. The van der Waals surface area contributed by atoms with Gasteiger partial charge in [-0.25, -0.2) is 4.98 Å². The van der Waals surface area contributed by atoms with E-state index < -0.39 is 0 Å². The summed E-state index contributed by atoms with van der Waals surface area (Å²) in [5.41, 5.74) is 1.38. The molecule has 0 amide bonds. The monoisotopic (exact) mass is 238 g/mol. The van der Waals surface area contributed by atoms with Crippen LogP contribution >= 0.6 is 11.3 Å². The van der Waals surface area contributed by atoms with Crippen LogP contribution in [0.4, 0.5) is 0 Å². The van der Waals surface area contributed by atoms with E-state index in [1.54, 1.807) is 4.88 Å². The van der Waals surface area contributed by atoms with E-state index in [1.165, 1.54) is 30.0 Å². The molecule has 1 unspecified atom stereocenters. The molecule has 16 heavy (non-hydrogen) atoms. The van der Waals surface area contributed by atoms with Crippen LogP contribution in [0, 0.1) is 11.8 Å². The first-order chi connectivity index (χ1) is 7.65. The number of fused-ring (bicyclic) bond motifs is 1. The zero-order valence-corrected chi connectivity index (χ0v) is 11.4. The van der Waals surface area contributed by atoms with Crippen LogP contribution in [0.1, 0.15) is 42.8 Å². The molecule has 1 aliphatic carbocycles. The van der Waals surface area contributed by atoms with Crippen LogP contribution in [-0.2, 0) is 19.4 Å². The smallest absolute Gasteiger partial charge is 0.107 e. The van der Waals surface area contributed by atoms with Gasteiger partial charge in [-0.1, -0.05) is 20.8 Å². The van der Waals surface area contributed by atoms with Gasteiger partial charge in [-0.05, 0) is 37.6 Å². The topological polar surface area (TPSA) is 24.9 Å². The van der Waals surface area contributed by atoms with Crippen molar-refractivity contribution in [2.24, 2.45) is 11.8 Å². The summed E-state index contributed by atoms with van der Waals surface area (Å²) < 4.78 is 0. The van der Waals surface area contributed by atoms with Crippen LogP contribution in [0.15, 0.2) is 0 Å². The highest BCUT2D eigenvalue weighted by molar-refractivity contribution is 7.11. The van der Waals surface area contributed by atoms with Crippen molar-refractivity contribution < 1.29 is 0 Å². The van der Waals surface area contributed by atoms with E-state index in [9.17, 15) is 0 Å². The third-order valence-electron chi connectivity index (χ3n) is 3.06. The number of aromatic nitrogens is 1. The molecule has 0 aliphatic heterocycles. The predicted molar refractivity (Wildman–Crippen MR) is 69.8 cm³/mol. The Labute approximate surface area is 102 Å². The molecule has 0 aromatic carbocycles. The number of thiazole rings is 1. The largest absolute Gasteiger partial charge is 0.310 e. The summed E-state index contributed by atoms with van der Waals surface area (Å²) in [5.74, 6) is 1.57. The third kappa shape index (κ3) is 3.05. The Kier molecular flexibility index (Phi) is 3.98. The maximum absolute atomic E-state index is 4.74. The highest BCUT2D eigenvalue weighted by Crippen LogP contribution is 2.29. The number of nitrogens with one attached hydrogen (secondary N) is 1. The van der Waals surface area contributed by atoms with Gasteiger partial charge < -0.3 is 5.32 Å². The average molecular weight is 238 g/mol. The lowest BCUT2D eigenvalue weighted by Crippen LogP contribution is -2.18. The van der Waals surface area contributed by atoms with Gasteiger partial charge in [0.1, 0.15) is 5.01 Å². The fraction of sp³-hybridized carbons (Fsp3) is 0.769. The number of rotatable bonds is 4. The molecule has 2 rings (SSSR count). The molecule has 3 heteroatoms. The lowest BCUT2D eigenvalue weighted by molar-refractivity contribution is 0.500. The number of hydrogen-bond donors (Lipinski definition) is 1. The molecule has 0 saturated heterocycles. The van der Waals surface area contributed by atoms with Gasteiger partial charge in [0, 0.05) is 11.4 Å². The second-order valence-electron chi connectivity index (χ2n) is 5.35. The van der Waals surface area contributed by atoms with E-state index in [1.807, 2.05) is 11.3 Å². The highest BCUT2D eigenvalue weighted by Gasteiger charge is 2.19. The van der Waals surface area contributed by atoms with Crippen LogP contribution in [0.5, 0.6) is 0 Å². The average Bonchev–Trinajstić information content (AvgIpc) is 2.58. The van der Waals surface area contributed by atoms with Crippen molar-refractivity contribution >= 4 is 11.3 Å². The molecule has 2 nitrogen and oxygen atoms in total. The molecule has 0 bridgehead atoms. The molecule has 90 valence electrons. The van der Waals surface area contributed by atoms with Crippen LogP contribution in [0.25, 0.3) is 0 Å². The van der Waals surface area contributed by atoms with E-state index >= 15 is 0 Å². The number of hydrogen-bond acceptors (Lipinski definition) is 3. The molecule has 1 N–H and O–H groups in total. The van der Waals surface area contributed by atoms with Crippen LogP contribution in [0.2, 0.25) is 0 Å². The predicted octanol–water partition coefficient (Wildman–Crippen LogP) is 3.01. The Morgan fingerprint density at radius 2 is 2.31 bits per heavy atom. The fourth-order valence-corrected chi connectivity index (χ4v) is 3.38. The van der Waals surface area contributed by atoms with Gasteiger partial charge in [0.25, 0.3) is 0 Å². The number of aryl methyl sites for hydroxylation is 1. The SMILES string of the molecule is CC(C)CNCc1nc2c(s1)CC(C)CC2. The van der Waals surface area contributed by atoms with E-state index in [0.717, 1.165) is 24.9 Å². The summed E-state index contributed by atoms with van der Waals surface area (Å²) in [4.78, 5) is 6.28. The zero-order chi connectivity index (χ0) is 11.5. The highest BCUT2D eigenvalue weighted by atomic mass is 32.1. The van der Waals surface area contributed by atoms with Crippen molar-refractivity contribution in [2.45, 2.75) is 46.6 Å². The van der Waals surface area contributed by atoms with Crippen LogP contribution < -0.4 is 5.32 Å². The van der Waals surface area contributed by atoms with Crippen molar-refractivity contribution in [3.63, 3.8) is 0 Å². The summed E-state index contributed by atoms with van der Waals surface area (Å²) in [7, 11) is 0. The summed E-state index contributed by atoms with van der Waals surface area (Å²) in [6.45, 7) is 8.85. The maximum Gasteiger partial charge on any atom is 0.107 e. The first-order valence-corrected chi connectivity index (χ1v) is 7.15. The van der Waals surface area contributed by atoms with Gasteiger partial charge in [-0.2, -0.15) is 0 Å². The van der Waals surface area contributed by atoms with Gasteiger partial charge in [-0.3, -0.25) is 0 Å². The van der Waals surface area contributed by atoms with Gasteiger partial charge in [0.2, 0.25) is 0 Å². The Morgan fingerprint density at radius 1 is 1.50 bits per heavy atom. The first-order valence-electron chi connectivity index (χ1n) is 6.33. The zero-order valence-electron chi connectivity index (χ0n) is 10.5. The summed E-state index contributed by atoms with van der Waals surface area (Å²) in [6, 6.07) is 0. The third-order valence-corrected chi connectivity index (χ3v) is 4.18. The molecule has 0 spiro atoms. The molecule has 1 aliphatic rings. The minimum Gasteiger partial charge on any atom is -0.310 e. The van der Waals surface area contributed by atoms with Crippen LogP contribution in [0.3, 0.4) is 0 Å². The maximum atomic E-state index is 4.74. The minimum absolute atomic E-state index is 0.717. The van der Waals surface area contributed by atoms with Crippen molar-refractivity contribution in [1.82, 2.24) is 10.3 Å². The summed E-state index contributed by atoms with van der Waals surface area (Å²) in [5, 5.41) is 4.75. The number of nitrogens with zero attached hydrogens (tertiary/aromatic N) is 1. The molecule has 0 radical (unpaired) electrons. The van der Waals surface area contributed by atoms with Gasteiger partial charge in [0.15, 0.2) is 0 Å². The normalized spacial score (nSPS) is 20.1. The van der Waals surface area contributed by atoms with E-state index in [0.29, 0.717) is 0 Å². The fourth-order valence-electron chi connectivity index (χ4n) is 2.14. The van der Waals surface area contributed by atoms with Crippen molar-refractivity contribution in [2.75, 3.05) is 6.54 Å². The first kappa shape index (κ1) is 12.1. The lowest BCUT2D eigenvalue weighted by atomic mass is 9.93. The van der Waals surface area contributed by atoms with E-state index in [-0.39, 0.29) is 0 Å². The molecule has 1 atom stereocenters.